The van der Waals surface area contributed by atoms with Gasteiger partial charge >= 0.3 is 0 Å². The first kappa shape index (κ1) is 11.0. The molecule has 0 saturated heterocycles. The molecule has 0 aromatic heterocycles. The number of amides is 1. The van der Waals surface area contributed by atoms with Gasteiger partial charge in [-0.3, -0.25) is 4.79 Å². The molecule has 2 heteroatoms. The van der Waals surface area contributed by atoms with Gasteiger partial charge in [-0.1, -0.05) is 27.7 Å². The highest BCUT2D eigenvalue weighted by atomic mass is 16.1. The summed E-state index contributed by atoms with van der Waals surface area (Å²) in [5.41, 5.74) is 0.104. The number of carbonyl (C=O) groups excluding carboxylic acids is 1. The molecule has 0 aromatic carbocycles. The van der Waals surface area contributed by atoms with E-state index in [1.807, 2.05) is 5.92 Å². The first-order chi connectivity index (χ1) is 5.40. The van der Waals surface area contributed by atoms with E-state index >= 15 is 0 Å². The van der Waals surface area contributed by atoms with Crippen LogP contribution in [-0.4, -0.2) is 12.5 Å². The van der Waals surface area contributed by atoms with Crippen molar-refractivity contribution in [1.29, 1.82) is 0 Å². The van der Waals surface area contributed by atoms with Crippen LogP contribution in [0.25, 0.3) is 0 Å². The van der Waals surface area contributed by atoms with Crippen LogP contribution in [-0.2, 0) is 4.79 Å². The summed E-state index contributed by atoms with van der Waals surface area (Å²) in [6, 6.07) is 0. The van der Waals surface area contributed by atoms with E-state index in [0.29, 0.717) is 12.5 Å². The van der Waals surface area contributed by atoms with Crippen LogP contribution in [0.2, 0.25) is 0 Å². The van der Waals surface area contributed by atoms with Crippen LogP contribution < -0.4 is 5.32 Å². The zero-order valence-corrected chi connectivity index (χ0v) is 8.27. The Morgan fingerprint density at radius 1 is 1.58 bits per heavy atom. The third-order valence-electron chi connectivity index (χ3n) is 2.40. The molecule has 12 heavy (non-hydrogen) atoms. The Labute approximate surface area is 74.7 Å². The molecule has 0 saturated carbocycles. The van der Waals surface area contributed by atoms with Gasteiger partial charge in [0.25, 0.3) is 5.91 Å². The highest BCUT2D eigenvalue weighted by molar-refractivity contribution is 5.92. The Hall–Kier alpha value is -0.970. The molecule has 0 radical (unpaired) electrons. The highest BCUT2D eigenvalue weighted by Gasteiger charge is 2.22. The molecule has 0 bridgehead atoms. The van der Waals surface area contributed by atoms with Gasteiger partial charge in [0.1, 0.15) is 0 Å². The number of carbonyl (C=O) groups is 1. The molecule has 0 aliphatic heterocycles. The quantitative estimate of drug-likeness (QED) is 0.633. The molecule has 0 heterocycles. The van der Waals surface area contributed by atoms with Gasteiger partial charge in [-0.25, -0.2) is 0 Å². The predicted octanol–water partition coefficient (Wildman–Crippen LogP) is 1.42. The van der Waals surface area contributed by atoms with Gasteiger partial charge in [0.15, 0.2) is 0 Å². The van der Waals surface area contributed by atoms with Crippen molar-refractivity contribution in [2.24, 2.45) is 11.3 Å². The molecule has 0 aliphatic rings. The van der Waals surface area contributed by atoms with E-state index in [2.05, 4.69) is 33.0 Å². The Balaban J connectivity index is 3.94. The average Bonchev–Trinajstić information content (AvgIpc) is 2.00. The minimum Gasteiger partial charge on any atom is -0.345 e. The number of rotatable bonds is 3. The minimum atomic E-state index is -0.330. The van der Waals surface area contributed by atoms with Gasteiger partial charge in [-0.05, 0) is 17.3 Å². The summed E-state index contributed by atoms with van der Waals surface area (Å²) in [4.78, 5) is 10.7. The van der Waals surface area contributed by atoms with Gasteiger partial charge in [0.05, 0.1) is 0 Å². The molecule has 1 amide bonds. The molecule has 0 unspecified atom stereocenters. The maximum atomic E-state index is 10.7. The Bertz CT molecular complexity index is 198. The van der Waals surface area contributed by atoms with Crippen molar-refractivity contribution < 1.29 is 4.79 Å². The summed E-state index contributed by atoms with van der Waals surface area (Å²) in [7, 11) is 0. The lowest BCUT2D eigenvalue weighted by atomic mass is 9.81. The number of terminal acetylenes is 1. The lowest BCUT2D eigenvalue weighted by Gasteiger charge is -2.28. The third kappa shape index (κ3) is 3.43. The van der Waals surface area contributed by atoms with Crippen LogP contribution in [0, 0.1) is 23.7 Å². The lowest BCUT2D eigenvalue weighted by Crippen LogP contribution is -2.36. The Kier molecular flexibility index (Phi) is 3.82. The van der Waals surface area contributed by atoms with E-state index in [1.165, 1.54) is 0 Å². The van der Waals surface area contributed by atoms with Crippen molar-refractivity contribution in [2.45, 2.75) is 27.7 Å². The van der Waals surface area contributed by atoms with Crippen LogP contribution >= 0.6 is 0 Å². The molecular weight excluding hydrogens is 150 g/mol. The second-order valence-corrected chi connectivity index (χ2v) is 3.97. The van der Waals surface area contributed by atoms with Crippen LogP contribution in [0.4, 0.5) is 0 Å². The smallest absolute Gasteiger partial charge is 0.295 e. The summed E-state index contributed by atoms with van der Waals surface area (Å²) in [5.74, 6) is 2.22. The maximum Gasteiger partial charge on any atom is 0.295 e. The molecule has 0 aliphatic carbocycles. The van der Waals surface area contributed by atoms with Crippen LogP contribution in [0.15, 0.2) is 0 Å². The first-order valence-electron chi connectivity index (χ1n) is 4.14. The first-order valence-corrected chi connectivity index (χ1v) is 4.14. The van der Waals surface area contributed by atoms with Crippen LogP contribution in [0.5, 0.6) is 0 Å². The molecule has 0 aromatic rings. The molecule has 0 spiro atoms. The second kappa shape index (κ2) is 4.15. The highest BCUT2D eigenvalue weighted by Crippen LogP contribution is 2.24. The summed E-state index contributed by atoms with van der Waals surface area (Å²) in [6.07, 6.45) is 4.92. The molecule has 0 fully saturated rings. The van der Waals surface area contributed by atoms with Gasteiger partial charge in [-0.15, -0.1) is 6.42 Å². The maximum absolute atomic E-state index is 10.7. The number of hydrogen-bond donors (Lipinski definition) is 1. The summed E-state index contributed by atoms with van der Waals surface area (Å²) >= 11 is 0. The SMILES string of the molecule is C#CC(=O)NCC(C)(C)C(C)C. The van der Waals surface area contributed by atoms with E-state index < -0.39 is 0 Å². The molecule has 1 N–H and O–H groups in total. The molecule has 0 rings (SSSR count). The Morgan fingerprint density at radius 2 is 2.08 bits per heavy atom. The third-order valence-corrected chi connectivity index (χ3v) is 2.40. The van der Waals surface area contributed by atoms with Crippen molar-refractivity contribution in [1.82, 2.24) is 5.32 Å². The zero-order chi connectivity index (χ0) is 9.78. The van der Waals surface area contributed by atoms with Gasteiger partial charge in [0, 0.05) is 6.54 Å². The van der Waals surface area contributed by atoms with Crippen LogP contribution in [0.1, 0.15) is 27.7 Å². The van der Waals surface area contributed by atoms with Crippen molar-refractivity contribution in [3.8, 4) is 12.3 Å². The standard InChI is InChI=1S/C10H17NO/c1-6-9(12)11-7-10(4,5)8(2)3/h1,8H,7H2,2-5H3,(H,11,12). The van der Waals surface area contributed by atoms with Crippen molar-refractivity contribution in [3.05, 3.63) is 0 Å². The summed E-state index contributed by atoms with van der Waals surface area (Å²) < 4.78 is 0. The van der Waals surface area contributed by atoms with Crippen molar-refractivity contribution in [3.63, 3.8) is 0 Å². The minimum absolute atomic E-state index is 0.104. The van der Waals surface area contributed by atoms with E-state index in [4.69, 9.17) is 6.42 Å². The fourth-order valence-corrected chi connectivity index (χ4v) is 0.563. The molecule has 0 atom stereocenters. The van der Waals surface area contributed by atoms with Crippen molar-refractivity contribution in [2.75, 3.05) is 6.54 Å². The van der Waals surface area contributed by atoms with Gasteiger partial charge in [0.2, 0.25) is 0 Å². The Morgan fingerprint density at radius 3 is 2.42 bits per heavy atom. The normalized spacial score (nSPS) is 11.0. The molecule has 2 nitrogen and oxygen atoms in total. The summed E-state index contributed by atoms with van der Waals surface area (Å²) in [6.45, 7) is 9.10. The number of hydrogen-bond acceptors (Lipinski definition) is 1. The van der Waals surface area contributed by atoms with Crippen LogP contribution in [0.3, 0.4) is 0 Å². The van der Waals surface area contributed by atoms with E-state index in [0.717, 1.165) is 0 Å². The average molecular weight is 167 g/mol. The van der Waals surface area contributed by atoms with E-state index in [1.54, 1.807) is 0 Å². The van der Waals surface area contributed by atoms with E-state index in [-0.39, 0.29) is 11.3 Å². The fourth-order valence-electron chi connectivity index (χ4n) is 0.563. The topological polar surface area (TPSA) is 29.1 Å². The predicted molar refractivity (Wildman–Crippen MR) is 50.5 cm³/mol. The molecule has 68 valence electrons. The zero-order valence-electron chi connectivity index (χ0n) is 8.27. The number of nitrogens with one attached hydrogen (secondary N) is 1. The van der Waals surface area contributed by atoms with Gasteiger partial charge < -0.3 is 5.32 Å². The fraction of sp³-hybridized carbons (Fsp3) is 0.700. The van der Waals surface area contributed by atoms with Gasteiger partial charge in [-0.2, -0.15) is 0 Å². The van der Waals surface area contributed by atoms with Crippen molar-refractivity contribution >= 4 is 5.91 Å². The second-order valence-electron chi connectivity index (χ2n) is 3.97. The van der Waals surface area contributed by atoms with E-state index in [9.17, 15) is 4.79 Å². The summed E-state index contributed by atoms with van der Waals surface area (Å²) in [5, 5.41) is 2.68. The molecular formula is C10H17NO. The monoisotopic (exact) mass is 167 g/mol. The lowest BCUT2D eigenvalue weighted by molar-refractivity contribution is -0.116. The largest absolute Gasteiger partial charge is 0.345 e.